The Morgan fingerprint density at radius 2 is 1.77 bits per heavy atom. The fourth-order valence-corrected chi connectivity index (χ4v) is 2.65. The van der Waals surface area contributed by atoms with Gasteiger partial charge in [-0.3, -0.25) is 9.48 Å². The number of anilines is 1. The fraction of sp³-hybridized carbons (Fsp3) is 0.111. The zero-order chi connectivity index (χ0) is 18.9. The summed E-state index contributed by atoms with van der Waals surface area (Å²) >= 11 is 5.88. The van der Waals surface area contributed by atoms with Crippen molar-refractivity contribution in [2.45, 2.75) is 6.18 Å². The van der Waals surface area contributed by atoms with E-state index in [4.69, 9.17) is 11.6 Å². The van der Waals surface area contributed by atoms with Crippen LogP contribution in [0.2, 0.25) is 5.02 Å². The molecule has 26 heavy (non-hydrogen) atoms. The van der Waals surface area contributed by atoms with Gasteiger partial charge in [0.1, 0.15) is 0 Å². The van der Waals surface area contributed by atoms with E-state index in [0.717, 1.165) is 16.4 Å². The van der Waals surface area contributed by atoms with Crippen molar-refractivity contribution in [3.8, 4) is 11.1 Å². The average Bonchev–Trinajstić information content (AvgIpc) is 2.99. The van der Waals surface area contributed by atoms with E-state index in [0.29, 0.717) is 16.3 Å². The summed E-state index contributed by atoms with van der Waals surface area (Å²) in [5.41, 5.74) is 0.0617. The van der Waals surface area contributed by atoms with E-state index in [9.17, 15) is 18.0 Å². The monoisotopic (exact) mass is 379 g/mol. The van der Waals surface area contributed by atoms with Gasteiger partial charge >= 0.3 is 6.18 Å². The molecule has 0 unspecified atom stereocenters. The number of alkyl halides is 3. The van der Waals surface area contributed by atoms with E-state index in [2.05, 4.69) is 10.4 Å². The van der Waals surface area contributed by atoms with Gasteiger partial charge in [-0.25, -0.2) is 0 Å². The van der Waals surface area contributed by atoms with Gasteiger partial charge in [-0.1, -0.05) is 41.9 Å². The number of halogens is 4. The van der Waals surface area contributed by atoms with Crippen molar-refractivity contribution in [2.75, 3.05) is 5.32 Å². The molecule has 3 rings (SSSR count). The normalized spacial score (nSPS) is 11.4. The average molecular weight is 380 g/mol. The second-order valence-electron chi connectivity index (χ2n) is 5.57. The molecule has 1 heterocycles. The first-order valence-corrected chi connectivity index (χ1v) is 7.90. The number of amides is 1. The van der Waals surface area contributed by atoms with Crippen molar-refractivity contribution in [1.82, 2.24) is 9.78 Å². The molecule has 0 bridgehead atoms. The quantitative estimate of drug-likeness (QED) is 0.695. The lowest BCUT2D eigenvalue weighted by Gasteiger charge is -2.12. The van der Waals surface area contributed by atoms with Gasteiger partial charge in [-0.15, -0.1) is 0 Å². The number of aromatic nitrogens is 2. The van der Waals surface area contributed by atoms with E-state index < -0.39 is 23.3 Å². The number of para-hydroxylation sites is 1. The largest absolute Gasteiger partial charge is 0.435 e. The number of rotatable bonds is 3. The number of hydrogen-bond donors (Lipinski definition) is 1. The Labute approximate surface area is 152 Å². The van der Waals surface area contributed by atoms with Gasteiger partial charge in [-0.2, -0.15) is 18.3 Å². The molecule has 0 radical (unpaired) electrons. The number of carbonyl (C=O) groups excluding carboxylic acids is 1. The van der Waals surface area contributed by atoms with Crippen LogP contribution in [0.15, 0.2) is 54.7 Å². The first-order chi connectivity index (χ1) is 12.3. The maximum atomic E-state index is 13.1. The molecule has 3 aromatic rings. The highest BCUT2D eigenvalue weighted by Gasteiger charge is 2.39. The summed E-state index contributed by atoms with van der Waals surface area (Å²) in [7, 11) is 1.33. The van der Waals surface area contributed by atoms with Crippen LogP contribution in [0.5, 0.6) is 0 Å². The number of nitrogens with zero attached hydrogens (tertiary/aromatic N) is 2. The fourth-order valence-electron chi connectivity index (χ4n) is 2.53. The van der Waals surface area contributed by atoms with Crippen LogP contribution < -0.4 is 5.32 Å². The number of carbonyl (C=O) groups is 1. The summed E-state index contributed by atoms with van der Waals surface area (Å²) in [5, 5.41) is 6.45. The third-order valence-corrected chi connectivity index (χ3v) is 3.92. The SMILES string of the molecule is Cn1cc(C(=O)Nc2ccccc2-c2ccc(Cl)cc2)c(C(F)(F)F)n1. The molecule has 1 aromatic heterocycles. The molecule has 2 aromatic carbocycles. The Kier molecular flexibility index (Phi) is 4.73. The molecule has 0 atom stereocenters. The molecule has 0 aliphatic carbocycles. The molecule has 4 nitrogen and oxygen atoms in total. The highest BCUT2D eigenvalue weighted by Crippen LogP contribution is 2.32. The molecule has 8 heteroatoms. The summed E-state index contributed by atoms with van der Waals surface area (Å²) in [4.78, 5) is 12.4. The molecule has 134 valence electrons. The van der Waals surface area contributed by atoms with Crippen molar-refractivity contribution in [1.29, 1.82) is 0 Å². The number of benzene rings is 2. The van der Waals surface area contributed by atoms with Crippen LogP contribution in [-0.4, -0.2) is 15.7 Å². The molecule has 0 aliphatic rings. The zero-order valence-electron chi connectivity index (χ0n) is 13.5. The van der Waals surface area contributed by atoms with Crippen LogP contribution in [-0.2, 0) is 13.2 Å². The Morgan fingerprint density at radius 1 is 1.12 bits per heavy atom. The van der Waals surface area contributed by atoms with E-state index in [1.807, 2.05) is 0 Å². The second kappa shape index (κ2) is 6.84. The van der Waals surface area contributed by atoms with Crippen molar-refractivity contribution < 1.29 is 18.0 Å². The van der Waals surface area contributed by atoms with Crippen molar-refractivity contribution in [3.63, 3.8) is 0 Å². The van der Waals surface area contributed by atoms with Crippen LogP contribution in [0.4, 0.5) is 18.9 Å². The van der Waals surface area contributed by atoms with E-state index in [1.165, 1.54) is 7.05 Å². The van der Waals surface area contributed by atoms with Gasteiger partial charge < -0.3 is 5.32 Å². The predicted octanol–water partition coefficient (Wildman–Crippen LogP) is 5.01. The van der Waals surface area contributed by atoms with Crippen LogP contribution >= 0.6 is 11.6 Å². The second-order valence-corrected chi connectivity index (χ2v) is 6.01. The standard InChI is InChI=1S/C18H13ClF3N3O/c1-25-10-14(16(24-25)18(20,21)22)17(26)23-15-5-3-2-4-13(15)11-6-8-12(19)9-7-11/h2-10H,1H3,(H,23,26). The lowest BCUT2D eigenvalue weighted by atomic mass is 10.0. The third kappa shape index (κ3) is 3.72. The number of nitrogens with one attached hydrogen (secondary N) is 1. The predicted molar refractivity (Wildman–Crippen MR) is 93.1 cm³/mol. The topological polar surface area (TPSA) is 46.9 Å². The molecular formula is C18H13ClF3N3O. The first-order valence-electron chi connectivity index (χ1n) is 7.53. The van der Waals surface area contributed by atoms with Crippen LogP contribution in [0.3, 0.4) is 0 Å². The highest BCUT2D eigenvalue weighted by molar-refractivity contribution is 6.30. The minimum absolute atomic E-state index is 0.386. The smallest absolute Gasteiger partial charge is 0.321 e. The summed E-state index contributed by atoms with van der Waals surface area (Å²) in [5.74, 6) is -0.883. The Bertz CT molecular complexity index is 949. The summed E-state index contributed by atoms with van der Waals surface area (Å²) in [6.45, 7) is 0. The Morgan fingerprint density at radius 3 is 2.42 bits per heavy atom. The highest BCUT2D eigenvalue weighted by atomic mass is 35.5. The minimum Gasteiger partial charge on any atom is -0.321 e. The zero-order valence-corrected chi connectivity index (χ0v) is 14.3. The van der Waals surface area contributed by atoms with Crippen molar-refractivity contribution in [2.24, 2.45) is 7.05 Å². The van der Waals surface area contributed by atoms with Crippen molar-refractivity contribution >= 4 is 23.2 Å². The molecule has 0 saturated heterocycles. The Balaban J connectivity index is 1.96. The van der Waals surface area contributed by atoms with Crippen LogP contribution in [0, 0.1) is 0 Å². The third-order valence-electron chi connectivity index (χ3n) is 3.67. The maximum absolute atomic E-state index is 13.1. The molecule has 0 aliphatic heterocycles. The van der Waals surface area contributed by atoms with Gasteiger partial charge in [0, 0.05) is 29.5 Å². The van der Waals surface area contributed by atoms with Gasteiger partial charge in [0.05, 0.1) is 5.56 Å². The number of hydrogen-bond acceptors (Lipinski definition) is 2. The molecule has 0 spiro atoms. The summed E-state index contributed by atoms with van der Waals surface area (Å²) in [6, 6.07) is 13.7. The maximum Gasteiger partial charge on any atom is 0.435 e. The lowest BCUT2D eigenvalue weighted by molar-refractivity contribution is -0.141. The lowest BCUT2D eigenvalue weighted by Crippen LogP contribution is -2.18. The first kappa shape index (κ1) is 18.0. The van der Waals surface area contributed by atoms with E-state index in [-0.39, 0.29) is 0 Å². The van der Waals surface area contributed by atoms with Crippen LogP contribution in [0.25, 0.3) is 11.1 Å². The van der Waals surface area contributed by atoms with Gasteiger partial charge in [-0.05, 0) is 23.8 Å². The van der Waals surface area contributed by atoms with Gasteiger partial charge in [0.2, 0.25) is 0 Å². The van der Waals surface area contributed by atoms with Crippen molar-refractivity contribution in [3.05, 3.63) is 71.0 Å². The molecular weight excluding hydrogens is 367 g/mol. The molecule has 1 N–H and O–H groups in total. The summed E-state index contributed by atoms with van der Waals surface area (Å²) < 4.78 is 40.2. The van der Waals surface area contributed by atoms with Gasteiger partial charge in [0.15, 0.2) is 5.69 Å². The Hall–Kier alpha value is -2.80. The number of aryl methyl sites for hydroxylation is 1. The molecule has 1 amide bonds. The van der Waals surface area contributed by atoms with Crippen LogP contribution in [0.1, 0.15) is 16.1 Å². The molecule has 0 saturated carbocycles. The van der Waals surface area contributed by atoms with E-state index >= 15 is 0 Å². The van der Waals surface area contributed by atoms with Gasteiger partial charge in [0.25, 0.3) is 5.91 Å². The minimum atomic E-state index is -4.72. The summed E-state index contributed by atoms with van der Waals surface area (Å²) in [6.07, 6.45) is -3.67. The molecule has 0 fully saturated rings. The van der Waals surface area contributed by atoms with E-state index in [1.54, 1.807) is 48.5 Å².